The lowest BCUT2D eigenvalue weighted by molar-refractivity contribution is -0.191. The number of hydrogen-bond donors (Lipinski definition) is 4. The molecule has 2 rings (SSSR count). The largest absolute Gasteiger partial charge is 0.388 e. The Kier molecular flexibility index (Phi) is 3.93. The minimum Gasteiger partial charge on any atom is -0.388 e. The van der Waals surface area contributed by atoms with E-state index in [1.165, 1.54) is 0 Å². The van der Waals surface area contributed by atoms with Crippen molar-refractivity contribution in [1.82, 2.24) is 5.32 Å². The number of rotatable bonds is 2. The van der Waals surface area contributed by atoms with Gasteiger partial charge in [0.1, 0.15) is 18.3 Å². The molecule has 0 spiro atoms. The summed E-state index contributed by atoms with van der Waals surface area (Å²) in [6, 6.07) is 8.45. The van der Waals surface area contributed by atoms with E-state index in [1.54, 1.807) is 30.3 Å². The lowest BCUT2D eigenvalue weighted by Crippen LogP contribution is -2.58. The monoisotopic (exact) mass is 253 g/mol. The smallest absolute Gasteiger partial charge is 0.253 e. The van der Waals surface area contributed by atoms with Crippen molar-refractivity contribution < 1.29 is 24.9 Å². The zero-order valence-electron chi connectivity index (χ0n) is 9.56. The highest BCUT2D eigenvalue weighted by Crippen LogP contribution is 2.14. The normalized spacial score (nSPS) is 31.9. The van der Waals surface area contributed by atoms with E-state index in [9.17, 15) is 20.1 Å². The van der Waals surface area contributed by atoms with Gasteiger partial charge in [0.2, 0.25) is 0 Å². The van der Waals surface area contributed by atoms with E-state index >= 15 is 0 Å². The summed E-state index contributed by atoms with van der Waals surface area (Å²) >= 11 is 0. The predicted octanol–water partition coefficient (Wildman–Crippen LogP) is -1.14. The molecule has 1 saturated heterocycles. The summed E-state index contributed by atoms with van der Waals surface area (Å²) in [4.78, 5) is 11.8. The molecule has 98 valence electrons. The second-order valence-electron chi connectivity index (χ2n) is 4.14. The predicted molar refractivity (Wildman–Crippen MR) is 61.7 cm³/mol. The number of amides is 1. The molecule has 0 saturated carbocycles. The van der Waals surface area contributed by atoms with E-state index < -0.39 is 30.4 Å². The lowest BCUT2D eigenvalue weighted by atomic mass is 10.0. The first-order chi connectivity index (χ1) is 8.59. The van der Waals surface area contributed by atoms with Gasteiger partial charge in [-0.05, 0) is 12.1 Å². The average molecular weight is 253 g/mol. The summed E-state index contributed by atoms with van der Waals surface area (Å²) in [6.07, 6.45) is -4.87. The molecule has 0 unspecified atom stereocenters. The molecule has 18 heavy (non-hydrogen) atoms. The molecule has 6 heteroatoms. The Balaban J connectivity index is 2.00. The second kappa shape index (κ2) is 5.45. The fourth-order valence-corrected chi connectivity index (χ4v) is 1.74. The first-order valence-electron chi connectivity index (χ1n) is 5.61. The number of ether oxygens (including phenoxy) is 1. The highest BCUT2D eigenvalue weighted by Gasteiger charge is 2.38. The van der Waals surface area contributed by atoms with E-state index in [-0.39, 0.29) is 6.61 Å². The molecule has 1 aliphatic rings. The van der Waals surface area contributed by atoms with Crippen LogP contribution in [-0.4, -0.2) is 52.4 Å². The summed E-state index contributed by atoms with van der Waals surface area (Å²) in [5.74, 6) is -0.414. The maximum Gasteiger partial charge on any atom is 0.253 e. The van der Waals surface area contributed by atoms with Crippen LogP contribution in [0.3, 0.4) is 0 Å². The van der Waals surface area contributed by atoms with Gasteiger partial charge in [0.25, 0.3) is 5.91 Å². The van der Waals surface area contributed by atoms with Crippen LogP contribution in [0.5, 0.6) is 0 Å². The van der Waals surface area contributed by atoms with Crippen molar-refractivity contribution >= 4 is 5.91 Å². The third-order valence-corrected chi connectivity index (χ3v) is 2.81. The van der Waals surface area contributed by atoms with Gasteiger partial charge in [0.15, 0.2) is 6.23 Å². The lowest BCUT2D eigenvalue weighted by Gasteiger charge is -2.35. The van der Waals surface area contributed by atoms with Crippen molar-refractivity contribution in [2.45, 2.75) is 24.5 Å². The number of carbonyl (C=O) groups excluding carboxylic acids is 1. The molecule has 1 aromatic carbocycles. The van der Waals surface area contributed by atoms with Gasteiger partial charge in [-0.2, -0.15) is 0 Å². The minimum atomic E-state index is -1.36. The van der Waals surface area contributed by atoms with Crippen molar-refractivity contribution in [3.8, 4) is 0 Å². The van der Waals surface area contributed by atoms with Crippen LogP contribution >= 0.6 is 0 Å². The van der Waals surface area contributed by atoms with Gasteiger partial charge in [-0.3, -0.25) is 4.79 Å². The fourth-order valence-electron chi connectivity index (χ4n) is 1.74. The first-order valence-corrected chi connectivity index (χ1v) is 5.61. The molecule has 1 fully saturated rings. The van der Waals surface area contributed by atoms with Gasteiger partial charge in [-0.25, -0.2) is 0 Å². The van der Waals surface area contributed by atoms with Crippen molar-refractivity contribution in [3.63, 3.8) is 0 Å². The van der Waals surface area contributed by atoms with E-state index in [2.05, 4.69) is 5.32 Å². The quantitative estimate of drug-likeness (QED) is 0.534. The maximum absolute atomic E-state index is 11.8. The number of aliphatic hydroxyl groups excluding tert-OH is 3. The van der Waals surface area contributed by atoms with Crippen LogP contribution in [0.25, 0.3) is 0 Å². The number of hydrogen-bond acceptors (Lipinski definition) is 5. The highest BCUT2D eigenvalue weighted by atomic mass is 16.5. The van der Waals surface area contributed by atoms with Crippen LogP contribution in [0.2, 0.25) is 0 Å². The number of benzene rings is 1. The van der Waals surface area contributed by atoms with E-state index in [4.69, 9.17) is 4.74 Å². The molecular weight excluding hydrogens is 238 g/mol. The Bertz CT molecular complexity index is 410. The maximum atomic E-state index is 11.8. The van der Waals surface area contributed by atoms with Gasteiger partial charge in [0, 0.05) is 5.56 Å². The van der Waals surface area contributed by atoms with E-state index in [0.717, 1.165) is 0 Å². The Morgan fingerprint density at radius 1 is 1.17 bits per heavy atom. The number of aliphatic hydroxyl groups is 3. The number of nitrogens with one attached hydrogen (secondary N) is 1. The van der Waals surface area contributed by atoms with E-state index in [0.29, 0.717) is 5.56 Å². The zero-order chi connectivity index (χ0) is 13.1. The Labute approximate surface area is 104 Å². The Hall–Kier alpha value is -1.47. The third kappa shape index (κ3) is 2.68. The highest BCUT2D eigenvalue weighted by molar-refractivity contribution is 5.94. The standard InChI is InChI=1S/C12H15NO5/c14-8-6-18-12(10(16)9(8)15)13-11(17)7-4-2-1-3-5-7/h1-5,8-10,12,14-16H,6H2,(H,13,17)/t8-,9+,10-,12-/m1/s1. The molecule has 0 aliphatic carbocycles. The molecular formula is C12H15NO5. The van der Waals surface area contributed by atoms with Crippen LogP contribution in [0, 0.1) is 0 Å². The number of carbonyl (C=O) groups is 1. The fraction of sp³-hybridized carbons (Fsp3) is 0.417. The molecule has 0 radical (unpaired) electrons. The van der Waals surface area contributed by atoms with Crippen LogP contribution in [-0.2, 0) is 4.74 Å². The molecule has 4 N–H and O–H groups in total. The molecule has 6 nitrogen and oxygen atoms in total. The Morgan fingerprint density at radius 2 is 1.83 bits per heavy atom. The van der Waals surface area contributed by atoms with Gasteiger partial charge in [0.05, 0.1) is 6.61 Å². The molecule has 4 atom stereocenters. The van der Waals surface area contributed by atoms with Crippen molar-refractivity contribution in [3.05, 3.63) is 35.9 Å². The van der Waals surface area contributed by atoms with Gasteiger partial charge in [-0.1, -0.05) is 18.2 Å². The summed E-state index contributed by atoms with van der Waals surface area (Å²) in [5, 5.41) is 30.8. The summed E-state index contributed by atoms with van der Waals surface area (Å²) in [6.45, 7) is -0.141. The molecule has 1 heterocycles. The van der Waals surface area contributed by atoms with Gasteiger partial charge >= 0.3 is 0 Å². The zero-order valence-corrected chi connectivity index (χ0v) is 9.56. The van der Waals surface area contributed by atoms with Gasteiger partial charge in [-0.15, -0.1) is 0 Å². The van der Waals surface area contributed by atoms with E-state index in [1.807, 2.05) is 0 Å². The topological polar surface area (TPSA) is 99.0 Å². The van der Waals surface area contributed by atoms with Crippen molar-refractivity contribution in [1.29, 1.82) is 0 Å². The van der Waals surface area contributed by atoms with Crippen LogP contribution in [0.15, 0.2) is 30.3 Å². The second-order valence-corrected chi connectivity index (χ2v) is 4.14. The summed E-state index contributed by atoms with van der Waals surface area (Å²) < 4.78 is 5.07. The Morgan fingerprint density at radius 3 is 2.50 bits per heavy atom. The molecule has 0 bridgehead atoms. The summed E-state index contributed by atoms with van der Waals surface area (Å²) in [7, 11) is 0. The molecule has 1 amide bonds. The van der Waals surface area contributed by atoms with Gasteiger partial charge < -0.3 is 25.4 Å². The first kappa shape index (κ1) is 13.0. The summed E-state index contributed by atoms with van der Waals surface area (Å²) in [5.41, 5.74) is 0.425. The third-order valence-electron chi connectivity index (χ3n) is 2.81. The average Bonchev–Trinajstić information content (AvgIpc) is 2.40. The molecule has 0 aromatic heterocycles. The SMILES string of the molecule is O=C(N[C@@H]1OC[C@@H](O)[C@H](O)[C@H]1O)c1ccccc1. The van der Waals surface area contributed by atoms with Crippen molar-refractivity contribution in [2.24, 2.45) is 0 Å². The van der Waals surface area contributed by atoms with Crippen LogP contribution < -0.4 is 5.32 Å². The van der Waals surface area contributed by atoms with Crippen LogP contribution in [0.1, 0.15) is 10.4 Å². The molecule has 1 aromatic rings. The van der Waals surface area contributed by atoms with Crippen LogP contribution in [0.4, 0.5) is 0 Å². The van der Waals surface area contributed by atoms with Crippen molar-refractivity contribution in [2.75, 3.05) is 6.61 Å². The minimum absolute atomic E-state index is 0.141. The molecule has 1 aliphatic heterocycles.